The first-order valence-corrected chi connectivity index (χ1v) is 13.3. The predicted molar refractivity (Wildman–Crippen MR) is 145 cm³/mol. The molecule has 0 fully saturated rings. The minimum Gasteiger partial charge on any atom is -0.496 e. The van der Waals surface area contributed by atoms with Crippen LogP contribution in [0.25, 0.3) is 0 Å². The molecule has 9 nitrogen and oxygen atoms in total. The van der Waals surface area contributed by atoms with E-state index in [4.69, 9.17) is 4.74 Å². The Kier molecular flexibility index (Phi) is 8.60. The maximum atomic E-state index is 13.4. The normalized spacial score (nSPS) is 16.8. The number of hydrogen-bond donors (Lipinski definition) is 2. The fourth-order valence-corrected chi connectivity index (χ4v) is 4.85. The Morgan fingerprint density at radius 2 is 1.89 bits per heavy atom. The molecule has 0 aliphatic carbocycles. The second-order valence-electron chi connectivity index (χ2n) is 8.85. The van der Waals surface area contributed by atoms with E-state index in [-0.39, 0.29) is 42.4 Å². The average molecular weight is 522 g/mol. The highest BCUT2D eigenvalue weighted by molar-refractivity contribution is 8.14. The van der Waals surface area contributed by atoms with Gasteiger partial charge in [0.15, 0.2) is 5.17 Å². The number of amides is 3. The van der Waals surface area contributed by atoms with E-state index >= 15 is 0 Å². The van der Waals surface area contributed by atoms with E-state index in [1.807, 2.05) is 62.4 Å². The number of hydrogen-bond acceptors (Lipinski definition) is 7. The van der Waals surface area contributed by atoms with Gasteiger partial charge in [0, 0.05) is 30.1 Å². The number of nitrogens with zero attached hydrogens (tertiary/aromatic N) is 3. The number of thioether (sulfide) groups is 1. The molecule has 37 heavy (non-hydrogen) atoms. The van der Waals surface area contributed by atoms with Crippen molar-refractivity contribution in [3.63, 3.8) is 0 Å². The summed E-state index contributed by atoms with van der Waals surface area (Å²) in [4.78, 5) is 49.1. The van der Waals surface area contributed by atoms with Gasteiger partial charge in [0.25, 0.3) is 5.91 Å². The number of benzene rings is 2. The Balaban J connectivity index is 1.41. The van der Waals surface area contributed by atoms with Crippen LogP contribution in [0.15, 0.2) is 58.5 Å². The lowest BCUT2D eigenvalue weighted by Crippen LogP contribution is -2.42. The van der Waals surface area contributed by atoms with Crippen LogP contribution in [0.3, 0.4) is 0 Å². The average Bonchev–Trinajstić information content (AvgIpc) is 3.25. The standard InChI is InChI=1S/C27H31N5O4S/c1-4-17(2)29-24(34)16-37-27-31-20-11-7-6-10-19(20)25-30-21(26(35)32(25)27)13-14-23(33)28-15-18-9-5-8-12-22(18)36-3/h5-12,17,21H,4,13-16H2,1-3H3,(H,28,33)(H,29,34)/t17-,21-/m1/s1. The number of amidine groups is 2. The van der Waals surface area contributed by atoms with Crippen molar-refractivity contribution in [2.45, 2.75) is 51.7 Å². The van der Waals surface area contributed by atoms with Crippen LogP contribution < -0.4 is 15.4 Å². The van der Waals surface area contributed by atoms with E-state index in [1.165, 1.54) is 16.7 Å². The van der Waals surface area contributed by atoms with Gasteiger partial charge in [-0.2, -0.15) is 0 Å². The molecule has 4 rings (SSSR count). The Morgan fingerprint density at radius 1 is 1.14 bits per heavy atom. The zero-order valence-electron chi connectivity index (χ0n) is 21.2. The van der Waals surface area contributed by atoms with Crippen LogP contribution >= 0.6 is 11.8 Å². The van der Waals surface area contributed by atoms with E-state index in [0.29, 0.717) is 29.0 Å². The molecule has 2 aliphatic heterocycles. The zero-order valence-corrected chi connectivity index (χ0v) is 22.0. The third-order valence-corrected chi connectivity index (χ3v) is 7.15. The molecular weight excluding hydrogens is 490 g/mol. The Bertz CT molecular complexity index is 1240. The number of rotatable bonds is 10. The lowest BCUT2D eigenvalue weighted by Gasteiger charge is -2.25. The van der Waals surface area contributed by atoms with Gasteiger partial charge in [0.1, 0.15) is 17.6 Å². The van der Waals surface area contributed by atoms with Gasteiger partial charge in [-0.15, -0.1) is 0 Å². The molecule has 194 valence electrons. The first kappa shape index (κ1) is 26.4. The monoisotopic (exact) mass is 521 g/mol. The van der Waals surface area contributed by atoms with E-state index in [0.717, 1.165) is 17.5 Å². The highest BCUT2D eigenvalue weighted by Gasteiger charge is 2.41. The maximum Gasteiger partial charge on any atom is 0.259 e. The number of aliphatic imine (C=N–C) groups is 2. The third-order valence-electron chi connectivity index (χ3n) is 6.21. The van der Waals surface area contributed by atoms with Crippen molar-refractivity contribution >= 4 is 46.2 Å². The van der Waals surface area contributed by atoms with Crippen molar-refractivity contribution in [2.75, 3.05) is 12.9 Å². The first-order chi connectivity index (χ1) is 17.9. The molecule has 0 spiro atoms. The van der Waals surface area contributed by atoms with E-state index < -0.39 is 6.04 Å². The number of para-hydroxylation sites is 2. The van der Waals surface area contributed by atoms with Crippen LogP contribution in [0.5, 0.6) is 5.75 Å². The summed E-state index contributed by atoms with van der Waals surface area (Å²) < 4.78 is 5.33. The molecule has 3 amide bonds. The fourth-order valence-electron chi connectivity index (χ4n) is 4.03. The van der Waals surface area contributed by atoms with Crippen molar-refractivity contribution in [1.29, 1.82) is 0 Å². The number of methoxy groups -OCH3 is 1. The zero-order chi connectivity index (χ0) is 26.4. The molecular formula is C27H31N5O4S. The number of carbonyl (C=O) groups excluding carboxylic acids is 3. The number of fused-ring (bicyclic) bond motifs is 3. The molecule has 2 N–H and O–H groups in total. The highest BCUT2D eigenvalue weighted by Crippen LogP contribution is 2.34. The van der Waals surface area contributed by atoms with Gasteiger partial charge in [0.2, 0.25) is 11.8 Å². The molecule has 2 aromatic rings. The molecule has 2 aliphatic rings. The van der Waals surface area contributed by atoms with E-state index in [1.54, 1.807) is 7.11 Å². The predicted octanol–water partition coefficient (Wildman–Crippen LogP) is 3.40. The highest BCUT2D eigenvalue weighted by atomic mass is 32.2. The van der Waals surface area contributed by atoms with E-state index in [9.17, 15) is 14.4 Å². The molecule has 0 unspecified atom stereocenters. The van der Waals surface area contributed by atoms with Gasteiger partial charge in [-0.05, 0) is 38.0 Å². The Morgan fingerprint density at radius 3 is 2.68 bits per heavy atom. The lowest BCUT2D eigenvalue weighted by atomic mass is 10.1. The molecule has 0 radical (unpaired) electrons. The summed E-state index contributed by atoms with van der Waals surface area (Å²) in [5.74, 6) is 0.829. The topological polar surface area (TPSA) is 112 Å². The van der Waals surface area contributed by atoms with Gasteiger partial charge in [-0.3, -0.25) is 19.4 Å². The van der Waals surface area contributed by atoms with Gasteiger partial charge >= 0.3 is 0 Å². The van der Waals surface area contributed by atoms with Gasteiger partial charge in [0.05, 0.1) is 18.6 Å². The summed E-state index contributed by atoms with van der Waals surface area (Å²) >= 11 is 1.21. The van der Waals surface area contributed by atoms with Crippen molar-refractivity contribution in [2.24, 2.45) is 9.98 Å². The van der Waals surface area contributed by atoms with Crippen LogP contribution in [0.1, 0.15) is 44.2 Å². The lowest BCUT2D eigenvalue weighted by molar-refractivity contribution is -0.125. The molecule has 0 saturated heterocycles. The van der Waals surface area contributed by atoms with Crippen molar-refractivity contribution in [1.82, 2.24) is 15.5 Å². The van der Waals surface area contributed by atoms with Gasteiger partial charge < -0.3 is 15.4 Å². The molecule has 0 saturated carbocycles. The summed E-state index contributed by atoms with van der Waals surface area (Å²) in [7, 11) is 1.59. The first-order valence-electron chi connectivity index (χ1n) is 12.3. The number of nitrogens with one attached hydrogen (secondary N) is 2. The quantitative estimate of drug-likeness (QED) is 0.498. The van der Waals surface area contributed by atoms with Crippen LogP contribution in [0.2, 0.25) is 0 Å². The fraction of sp³-hybridized carbons (Fsp3) is 0.370. The SMILES string of the molecule is CC[C@@H](C)NC(=O)CSC1=Nc2ccccc2C2=N[C@H](CCC(=O)NCc3ccccc3OC)C(=O)N12. The minimum atomic E-state index is -0.696. The molecule has 0 aromatic heterocycles. The summed E-state index contributed by atoms with van der Waals surface area (Å²) in [5, 5.41) is 6.24. The molecule has 2 aromatic carbocycles. The van der Waals surface area contributed by atoms with Crippen LogP contribution in [-0.2, 0) is 20.9 Å². The summed E-state index contributed by atoms with van der Waals surface area (Å²) in [6.45, 7) is 4.29. The summed E-state index contributed by atoms with van der Waals surface area (Å²) in [6, 6.07) is 14.3. The summed E-state index contributed by atoms with van der Waals surface area (Å²) in [6.07, 6.45) is 1.25. The number of carbonyl (C=O) groups is 3. The van der Waals surface area contributed by atoms with Crippen molar-refractivity contribution < 1.29 is 19.1 Å². The van der Waals surface area contributed by atoms with Crippen molar-refractivity contribution in [3.8, 4) is 5.75 Å². The Labute approximate surface area is 220 Å². The number of ether oxygens (including phenoxy) is 1. The van der Waals surface area contributed by atoms with Crippen molar-refractivity contribution in [3.05, 3.63) is 59.7 Å². The molecule has 2 atom stereocenters. The molecule has 2 heterocycles. The van der Waals surface area contributed by atoms with Crippen LogP contribution in [-0.4, -0.2) is 58.6 Å². The van der Waals surface area contributed by atoms with Crippen LogP contribution in [0.4, 0.5) is 5.69 Å². The second kappa shape index (κ2) is 12.1. The Hall–Kier alpha value is -3.66. The van der Waals surface area contributed by atoms with Gasteiger partial charge in [-0.25, -0.2) is 9.89 Å². The minimum absolute atomic E-state index is 0.0752. The summed E-state index contributed by atoms with van der Waals surface area (Å²) in [5.41, 5.74) is 2.33. The smallest absolute Gasteiger partial charge is 0.259 e. The maximum absolute atomic E-state index is 13.4. The third kappa shape index (κ3) is 6.19. The molecule has 0 bridgehead atoms. The largest absolute Gasteiger partial charge is 0.496 e. The van der Waals surface area contributed by atoms with Crippen LogP contribution in [0, 0.1) is 0 Å². The van der Waals surface area contributed by atoms with Gasteiger partial charge in [-0.1, -0.05) is 49.0 Å². The second-order valence-corrected chi connectivity index (χ2v) is 9.79. The molecule has 10 heteroatoms. The van der Waals surface area contributed by atoms with E-state index in [2.05, 4.69) is 20.6 Å².